The van der Waals surface area contributed by atoms with E-state index >= 15 is 0 Å². The summed E-state index contributed by atoms with van der Waals surface area (Å²) in [4.78, 5) is 19.0. The number of anilines is 1. The molecule has 0 aliphatic heterocycles. The summed E-state index contributed by atoms with van der Waals surface area (Å²) < 4.78 is 0. The summed E-state index contributed by atoms with van der Waals surface area (Å²) in [5, 5.41) is 0. The van der Waals surface area contributed by atoms with Crippen LogP contribution in [0.5, 0.6) is 0 Å². The quantitative estimate of drug-likeness (QED) is 0.749. The van der Waals surface area contributed by atoms with Gasteiger partial charge in [-0.15, -0.1) is 0 Å². The Morgan fingerprint density at radius 1 is 1.47 bits per heavy atom. The van der Waals surface area contributed by atoms with Gasteiger partial charge < -0.3 is 11.5 Å². The molecule has 0 fully saturated rings. The number of carbonyl (C=O) groups excluding carboxylic acids is 1. The Kier molecular flexibility index (Phi) is 2.93. The number of rotatable bonds is 2. The predicted octanol–water partition coefficient (Wildman–Crippen LogP) is 0.746. The molecule has 0 aromatic carbocycles. The Hall–Kier alpha value is -1.65. The first-order valence-corrected chi connectivity index (χ1v) is 4.71. The first kappa shape index (κ1) is 11.4. The van der Waals surface area contributed by atoms with Crippen molar-refractivity contribution in [3.63, 3.8) is 0 Å². The smallest absolute Gasteiger partial charge is 0.254 e. The van der Waals surface area contributed by atoms with Gasteiger partial charge in [-0.3, -0.25) is 4.79 Å². The van der Waals surface area contributed by atoms with E-state index in [0.29, 0.717) is 12.2 Å². The van der Waals surface area contributed by atoms with E-state index in [2.05, 4.69) is 30.7 Å². The SMILES string of the molecule is CC(C)(C)Cc1ncc(C(N)=O)c(N)n1. The molecule has 5 nitrogen and oxygen atoms in total. The molecule has 5 heteroatoms. The Morgan fingerprint density at radius 2 is 2.07 bits per heavy atom. The Balaban J connectivity index is 2.97. The average molecular weight is 208 g/mol. The Bertz CT molecular complexity index is 381. The highest BCUT2D eigenvalue weighted by atomic mass is 16.1. The summed E-state index contributed by atoms with van der Waals surface area (Å²) >= 11 is 0. The highest BCUT2D eigenvalue weighted by Gasteiger charge is 2.15. The van der Waals surface area contributed by atoms with E-state index in [1.165, 1.54) is 6.20 Å². The molecule has 0 aliphatic carbocycles. The number of nitrogen functional groups attached to an aromatic ring is 1. The lowest BCUT2D eigenvalue weighted by atomic mass is 9.92. The van der Waals surface area contributed by atoms with Crippen molar-refractivity contribution in [2.24, 2.45) is 11.1 Å². The molecule has 0 saturated heterocycles. The zero-order valence-electron chi connectivity index (χ0n) is 9.24. The zero-order chi connectivity index (χ0) is 11.6. The van der Waals surface area contributed by atoms with Gasteiger partial charge in [-0.2, -0.15) is 0 Å². The number of carbonyl (C=O) groups is 1. The van der Waals surface area contributed by atoms with Crippen molar-refractivity contribution < 1.29 is 4.79 Å². The van der Waals surface area contributed by atoms with Crippen molar-refractivity contribution in [2.75, 3.05) is 5.73 Å². The lowest BCUT2D eigenvalue weighted by molar-refractivity contribution is 0.100. The monoisotopic (exact) mass is 208 g/mol. The van der Waals surface area contributed by atoms with Crippen LogP contribution < -0.4 is 11.5 Å². The minimum atomic E-state index is -0.602. The molecule has 0 radical (unpaired) electrons. The topological polar surface area (TPSA) is 94.9 Å². The highest BCUT2D eigenvalue weighted by Crippen LogP contribution is 2.19. The summed E-state index contributed by atoms with van der Waals surface area (Å²) in [5.41, 5.74) is 10.9. The number of aromatic nitrogens is 2. The van der Waals surface area contributed by atoms with Gasteiger partial charge in [-0.25, -0.2) is 9.97 Å². The van der Waals surface area contributed by atoms with E-state index in [1.54, 1.807) is 0 Å². The fourth-order valence-corrected chi connectivity index (χ4v) is 1.18. The number of hydrogen-bond acceptors (Lipinski definition) is 4. The van der Waals surface area contributed by atoms with E-state index < -0.39 is 5.91 Å². The molecular weight excluding hydrogens is 192 g/mol. The van der Waals surface area contributed by atoms with Gasteiger partial charge in [0.2, 0.25) is 0 Å². The molecule has 0 atom stereocenters. The number of nitrogens with zero attached hydrogens (tertiary/aromatic N) is 2. The third-order valence-electron chi connectivity index (χ3n) is 1.82. The van der Waals surface area contributed by atoms with Crippen LogP contribution in [0.25, 0.3) is 0 Å². The van der Waals surface area contributed by atoms with Crippen LogP contribution in [0.1, 0.15) is 37.0 Å². The van der Waals surface area contributed by atoms with Crippen LogP contribution >= 0.6 is 0 Å². The van der Waals surface area contributed by atoms with Gasteiger partial charge in [0.15, 0.2) is 0 Å². The maximum atomic E-state index is 10.9. The minimum Gasteiger partial charge on any atom is -0.383 e. The van der Waals surface area contributed by atoms with Crippen molar-refractivity contribution in [2.45, 2.75) is 27.2 Å². The molecular formula is C10H16N4O. The second-order valence-electron chi connectivity index (χ2n) is 4.69. The van der Waals surface area contributed by atoms with Gasteiger partial charge in [-0.05, 0) is 5.41 Å². The van der Waals surface area contributed by atoms with Gasteiger partial charge in [0.25, 0.3) is 5.91 Å². The second kappa shape index (κ2) is 3.84. The standard InChI is InChI=1S/C10H16N4O/c1-10(2,3)4-7-13-5-6(9(12)15)8(11)14-7/h5H,4H2,1-3H3,(H2,12,15)(H2,11,13,14). The largest absolute Gasteiger partial charge is 0.383 e. The molecule has 1 amide bonds. The summed E-state index contributed by atoms with van der Waals surface area (Å²) in [6, 6.07) is 0. The van der Waals surface area contributed by atoms with Gasteiger partial charge in [-0.1, -0.05) is 20.8 Å². The first-order chi connectivity index (χ1) is 6.79. The summed E-state index contributed by atoms with van der Waals surface area (Å²) in [7, 11) is 0. The van der Waals surface area contributed by atoms with Crippen LogP contribution in [0, 0.1) is 5.41 Å². The maximum Gasteiger partial charge on any atom is 0.254 e. The van der Waals surface area contributed by atoms with E-state index in [1.807, 2.05) is 0 Å². The highest BCUT2D eigenvalue weighted by molar-refractivity contribution is 5.96. The fraction of sp³-hybridized carbons (Fsp3) is 0.500. The van der Waals surface area contributed by atoms with E-state index in [-0.39, 0.29) is 16.8 Å². The summed E-state index contributed by atoms with van der Waals surface area (Å²) in [6.07, 6.45) is 2.09. The predicted molar refractivity (Wildman–Crippen MR) is 58.1 cm³/mol. The van der Waals surface area contributed by atoms with Crippen molar-refractivity contribution >= 4 is 11.7 Å². The first-order valence-electron chi connectivity index (χ1n) is 4.71. The van der Waals surface area contributed by atoms with E-state index in [9.17, 15) is 4.79 Å². The molecule has 1 heterocycles. The third-order valence-corrected chi connectivity index (χ3v) is 1.82. The number of nitrogens with two attached hydrogens (primary N) is 2. The van der Waals surface area contributed by atoms with Crippen LogP contribution in [0.3, 0.4) is 0 Å². The molecule has 82 valence electrons. The van der Waals surface area contributed by atoms with Crippen molar-refractivity contribution in [1.29, 1.82) is 0 Å². The second-order valence-corrected chi connectivity index (χ2v) is 4.69. The fourth-order valence-electron chi connectivity index (χ4n) is 1.18. The average Bonchev–Trinajstić information content (AvgIpc) is 1.99. The Morgan fingerprint density at radius 3 is 2.47 bits per heavy atom. The third kappa shape index (κ3) is 3.19. The molecule has 15 heavy (non-hydrogen) atoms. The van der Waals surface area contributed by atoms with Crippen molar-refractivity contribution in [3.05, 3.63) is 17.6 Å². The molecule has 0 saturated carbocycles. The van der Waals surface area contributed by atoms with Crippen LogP contribution in [0.15, 0.2) is 6.20 Å². The Labute approximate surface area is 88.9 Å². The van der Waals surface area contributed by atoms with Gasteiger partial charge >= 0.3 is 0 Å². The number of amides is 1. The lowest BCUT2D eigenvalue weighted by Gasteiger charge is -2.16. The minimum absolute atomic E-state index is 0.0840. The van der Waals surface area contributed by atoms with E-state index in [0.717, 1.165) is 0 Å². The molecule has 4 N–H and O–H groups in total. The van der Waals surface area contributed by atoms with E-state index in [4.69, 9.17) is 11.5 Å². The van der Waals surface area contributed by atoms with Crippen LogP contribution in [0.4, 0.5) is 5.82 Å². The molecule has 0 bridgehead atoms. The molecule has 0 spiro atoms. The molecule has 0 aliphatic rings. The normalized spacial score (nSPS) is 11.4. The van der Waals surface area contributed by atoms with Crippen LogP contribution in [-0.4, -0.2) is 15.9 Å². The van der Waals surface area contributed by atoms with Gasteiger partial charge in [0, 0.05) is 12.6 Å². The summed E-state index contributed by atoms with van der Waals surface area (Å²) in [6.45, 7) is 6.23. The number of hydrogen-bond donors (Lipinski definition) is 2. The van der Waals surface area contributed by atoms with Crippen LogP contribution in [-0.2, 0) is 6.42 Å². The summed E-state index contributed by atoms with van der Waals surface area (Å²) in [5.74, 6) is 0.177. The molecule has 1 rings (SSSR count). The van der Waals surface area contributed by atoms with Gasteiger partial charge in [0.1, 0.15) is 11.6 Å². The maximum absolute atomic E-state index is 10.9. The molecule has 0 unspecified atom stereocenters. The lowest BCUT2D eigenvalue weighted by Crippen LogP contribution is -2.18. The van der Waals surface area contributed by atoms with Gasteiger partial charge in [0.05, 0.1) is 5.56 Å². The van der Waals surface area contributed by atoms with Crippen LogP contribution in [0.2, 0.25) is 0 Å². The van der Waals surface area contributed by atoms with Crippen molar-refractivity contribution in [3.8, 4) is 0 Å². The number of primary amides is 1. The molecule has 1 aromatic rings. The zero-order valence-corrected chi connectivity index (χ0v) is 9.24. The molecule has 1 aromatic heterocycles. The van der Waals surface area contributed by atoms with Crippen molar-refractivity contribution in [1.82, 2.24) is 9.97 Å².